The molecule has 0 bridgehead atoms. The minimum atomic E-state index is -0.185. The highest BCUT2D eigenvalue weighted by Gasteiger charge is 2.20. The molecule has 1 unspecified atom stereocenters. The van der Waals surface area contributed by atoms with E-state index in [1.165, 1.54) is 12.8 Å². The molecular weight excluding hydrogens is 102 g/mol. The Hall–Kier alpha value is -0.0800. The largest absolute Gasteiger partial charge is 0.392 e. The van der Waals surface area contributed by atoms with Crippen molar-refractivity contribution in [3.63, 3.8) is 0 Å². The highest BCUT2D eigenvalue weighted by Crippen LogP contribution is 2.18. The highest BCUT2D eigenvalue weighted by molar-refractivity contribution is 4.81. The molecule has 2 nitrogen and oxygen atoms in total. The van der Waals surface area contributed by atoms with Crippen LogP contribution in [-0.2, 0) is 0 Å². The van der Waals surface area contributed by atoms with Crippen molar-refractivity contribution in [1.82, 2.24) is 5.32 Å². The molecule has 1 rings (SSSR count). The summed E-state index contributed by atoms with van der Waals surface area (Å²) in [5.41, 5.74) is 0. The second-order valence-corrected chi connectivity index (χ2v) is 2.53. The van der Waals surface area contributed by atoms with Gasteiger partial charge in [-0.3, -0.25) is 0 Å². The molecule has 0 saturated heterocycles. The van der Waals surface area contributed by atoms with Gasteiger partial charge in [0.2, 0.25) is 0 Å². The van der Waals surface area contributed by atoms with E-state index in [4.69, 9.17) is 5.11 Å². The van der Waals surface area contributed by atoms with Crippen molar-refractivity contribution in [2.75, 3.05) is 6.54 Å². The maximum Gasteiger partial charge on any atom is 0.0636 e. The van der Waals surface area contributed by atoms with Crippen molar-refractivity contribution < 1.29 is 5.11 Å². The van der Waals surface area contributed by atoms with Gasteiger partial charge in [0.25, 0.3) is 0 Å². The molecule has 2 heteroatoms. The molecule has 0 amide bonds. The van der Waals surface area contributed by atoms with Gasteiger partial charge in [-0.05, 0) is 19.8 Å². The van der Waals surface area contributed by atoms with Crippen LogP contribution in [0.1, 0.15) is 19.8 Å². The second kappa shape index (κ2) is 2.46. The van der Waals surface area contributed by atoms with E-state index in [-0.39, 0.29) is 6.10 Å². The number of nitrogens with one attached hydrogen (secondary N) is 1. The average molecular weight is 115 g/mol. The van der Waals surface area contributed by atoms with Crippen LogP contribution in [0.3, 0.4) is 0 Å². The minimum Gasteiger partial charge on any atom is -0.392 e. The van der Waals surface area contributed by atoms with Gasteiger partial charge in [0, 0.05) is 12.6 Å². The molecule has 48 valence electrons. The van der Waals surface area contributed by atoms with Crippen LogP contribution in [-0.4, -0.2) is 23.8 Å². The van der Waals surface area contributed by atoms with Crippen LogP contribution in [0, 0.1) is 0 Å². The lowest BCUT2D eigenvalue weighted by atomic mass is 10.4. The lowest BCUT2D eigenvalue weighted by molar-refractivity contribution is 0.191. The van der Waals surface area contributed by atoms with E-state index >= 15 is 0 Å². The van der Waals surface area contributed by atoms with Crippen LogP contribution in [0.25, 0.3) is 0 Å². The molecule has 0 aromatic carbocycles. The molecule has 1 aliphatic carbocycles. The van der Waals surface area contributed by atoms with Crippen LogP contribution >= 0.6 is 0 Å². The standard InChI is InChI=1S/C6H13NO/c1-5(8)4-7-6-2-3-6/h5-8H,2-4H2,1H3. The quantitative estimate of drug-likeness (QED) is 0.547. The summed E-state index contributed by atoms with van der Waals surface area (Å²) in [7, 11) is 0. The van der Waals surface area contributed by atoms with Gasteiger partial charge >= 0.3 is 0 Å². The molecule has 0 radical (unpaired) electrons. The zero-order valence-corrected chi connectivity index (χ0v) is 5.22. The first-order valence-corrected chi connectivity index (χ1v) is 3.20. The molecule has 1 saturated carbocycles. The van der Waals surface area contributed by atoms with E-state index in [1.807, 2.05) is 0 Å². The summed E-state index contributed by atoms with van der Waals surface area (Å²) < 4.78 is 0. The van der Waals surface area contributed by atoms with E-state index in [0.29, 0.717) is 0 Å². The summed E-state index contributed by atoms with van der Waals surface area (Å²) >= 11 is 0. The van der Waals surface area contributed by atoms with E-state index in [9.17, 15) is 0 Å². The first-order valence-electron chi connectivity index (χ1n) is 3.20. The fourth-order valence-electron chi connectivity index (χ4n) is 0.625. The summed E-state index contributed by atoms with van der Waals surface area (Å²) in [6, 6.07) is 0.726. The number of aliphatic hydroxyl groups is 1. The molecule has 0 aliphatic heterocycles. The Morgan fingerprint density at radius 2 is 2.38 bits per heavy atom. The maximum absolute atomic E-state index is 8.77. The van der Waals surface area contributed by atoms with Crippen LogP contribution < -0.4 is 5.32 Å². The third kappa shape index (κ3) is 2.28. The molecule has 0 heterocycles. The summed E-state index contributed by atoms with van der Waals surface area (Å²) in [6.07, 6.45) is 2.41. The molecule has 1 atom stereocenters. The Bertz CT molecular complexity index is 66.9. The lowest BCUT2D eigenvalue weighted by Gasteiger charge is -2.02. The first-order chi connectivity index (χ1) is 3.79. The number of hydrogen-bond acceptors (Lipinski definition) is 2. The van der Waals surface area contributed by atoms with E-state index < -0.39 is 0 Å². The van der Waals surface area contributed by atoms with Gasteiger partial charge in [-0.2, -0.15) is 0 Å². The van der Waals surface area contributed by atoms with Crippen molar-refractivity contribution >= 4 is 0 Å². The SMILES string of the molecule is CC(O)CNC1CC1. The molecule has 1 aliphatic rings. The second-order valence-electron chi connectivity index (χ2n) is 2.53. The van der Waals surface area contributed by atoms with Gasteiger partial charge in [-0.25, -0.2) is 0 Å². The zero-order valence-electron chi connectivity index (χ0n) is 5.22. The van der Waals surface area contributed by atoms with Crippen molar-refractivity contribution in [1.29, 1.82) is 0 Å². The number of aliphatic hydroxyl groups excluding tert-OH is 1. The third-order valence-corrected chi connectivity index (χ3v) is 1.28. The Kier molecular flexibility index (Phi) is 1.86. The number of rotatable bonds is 3. The Morgan fingerprint density at radius 3 is 2.75 bits per heavy atom. The fourth-order valence-corrected chi connectivity index (χ4v) is 0.625. The summed E-state index contributed by atoms with van der Waals surface area (Å²) in [4.78, 5) is 0. The van der Waals surface area contributed by atoms with Gasteiger partial charge in [0.05, 0.1) is 6.10 Å². The minimum absolute atomic E-state index is 0.185. The van der Waals surface area contributed by atoms with Gasteiger partial charge in [0.1, 0.15) is 0 Å². The van der Waals surface area contributed by atoms with Gasteiger partial charge < -0.3 is 10.4 Å². The van der Waals surface area contributed by atoms with Gasteiger partial charge in [-0.1, -0.05) is 0 Å². The molecule has 0 spiro atoms. The lowest BCUT2D eigenvalue weighted by Crippen LogP contribution is -2.25. The van der Waals surface area contributed by atoms with Crippen molar-refractivity contribution in [3.8, 4) is 0 Å². The maximum atomic E-state index is 8.77. The first kappa shape index (κ1) is 6.05. The van der Waals surface area contributed by atoms with E-state index in [2.05, 4.69) is 5.32 Å². The van der Waals surface area contributed by atoms with Crippen LogP contribution in [0.2, 0.25) is 0 Å². The van der Waals surface area contributed by atoms with E-state index in [1.54, 1.807) is 6.92 Å². The Morgan fingerprint density at radius 1 is 1.75 bits per heavy atom. The van der Waals surface area contributed by atoms with Crippen molar-refractivity contribution in [2.24, 2.45) is 0 Å². The predicted octanol–water partition coefficient (Wildman–Crippen LogP) is 0.119. The summed E-state index contributed by atoms with van der Waals surface area (Å²) in [5, 5.41) is 12.0. The monoisotopic (exact) mass is 115 g/mol. The third-order valence-electron chi connectivity index (χ3n) is 1.28. The van der Waals surface area contributed by atoms with Gasteiger partial charge in [-0.15, -0.1) is 0 Å². The molecule has 2 N–H and O–H groups in total. The zero-order chi connectivity index (χ0) is 5.98. The summed E-state index contributed by atoms with van der Waals surface area (Å²) in [5.74, 6) is 0. The van der Waals surface area contributed by atoms with Crippen LogP contribution in [0.15, 0.2) is 0 Å². The van der Waals surface area contributed by atoms with Crippen LogP contribution in [0.4, 0.5) is 0 Å². The normalized spacial score (nSPS) is 23.2. The Balaban J connectivity index is 1.87. The highest BCUT2D eigenvalue weighted by atomic mass is 16.3. The van der Waals surface area contributed by atoms with Gasteiger partial charge in [0.15, 0.2) is 0 Å². The smallest absolute Gasteiger partial charge is 0.0636 e. The van der Waals surface area contributed by atoms with Crippen molar-refractivity contribution in [2.45, 2.75) is 31.9 Å². The molecule has 1 fully saturated rings. The molecular formula is C6H13NO. The topological polar surface area (TPSA) is 32.3 Å². The molecule has 8 heavy (non-hydrogen) atoms. The number of hydrogen-bond donors (Lipinski definition) is 2. The van der Waals surface area contributed by atoms with E-state index in [0.717, 1.165) is 12.6 Å². The Labute approximate surface area is 49.9 Å². The predicted molar refractivity (Wildman–Crippen MR) is 32.7 cm³/mol. The molecule has 0 aromatic heterocycles. The summed E-state index contributed by atoms with van der Waals surface area (Å²) in [6.45, 7) is 2.56. The average Bonchev–Trinajstić information content (AvgIpc) is 2.41. The molecule has 0 aromatic rings. The van der Waals surface area contributed by atoms with Crippen molar-refractivity contribution in [3.05, 3.63) is 0 Å². The fraction of sp³-hybridized carbons (Fsp3) is 1.00. The van der Waals surface area contributed by atoms with Crippen LogP contribution in [0.5, 0.6) is 0 Å².